The van der Waals surface area contributed by atoms with Crippen LogP contribution in [-0.4, -0.2) is 23.0 Å². The zero-order chi connectivity index (χ0) is 20.1. The minimum atomic E-state index is -0.738. The highest BCUT2D eigenvalue weighted by Crippen LogP contribution is 2.20. The van der Waals surface area contributed by atoms with Gasteiger partial charge in [0, 0.05) is 12.6 Å². The molecule has 0 saturated carbocycles. The Morgan fingerprint density at radius 3 is 2.61 bits per heavy atom. The molecule has 0 unspecified atom stereocenters. The Morgan fingerprint density at radius 1 is 1.14 bits per heavy atom. The largest absolute Gasteiger partial charge is 0.445 e. The van der Waals surface area contributed by atoms with Crippen LogP contribution in [0.15, 0.2) is 52.9 Å². The quantitative estimate of drug-likeness (QED) is 0.672. The van der Waals surface area contributed by atoms with Crippen LogP contribution in [0.1, 0.15) is 25.3 Å². The number of hydrogen-bond donors (Lipinski definition) is 2. The molecule has 0 radical (unpaired) electrons. The molecule has 3 rings (SSSR count). The van der Waals surface area contributed by atoms with Crippen LogP contribution < -0.4 is 10.6 Å². The normalized spacial score (nSPS) is 12.0. The third kappa shape index (κ3) is 4.88. The number of rotatable bonds is 6. The second-order valence-corrected chi connectivity index (χ2v) is 6.83. The molecule has 7 heteroatoms. The zero-order valence-electron chi connectivity index (χ0n) is 16.1. The number of alkyl carbamates (subject to hydrolysis) is 1. The molecule has 28 heavy (non-hydrogen) atoms. The predicted molar refractivity (Wildman–Crippen MR) is 106 cm³/mol. The number of aryl methyl sites for hydroxylation is 1. The molecule has 0 fully saturated rings. The number of aromatic nitrogens is 1. The number of oxazole rings is 1. The van der Waals surface area contributed by atoms with Gasteiger partial charge in [-0.15, -0.1) is 0 Å². The lowest BCUT2D eigenvalue weighted by atomic mass is 10.0. The van der Waals surface area contributed by atoms with Crippen molar-refractivity contribution >= 4 is 28.8 Å². The van der Waals surface area contributed by atoms with Gasteiger partial charge in [0.1, 0.15) is 18.2 Å². The van der Waals surface area contributed by atoms with E-state index in [0.717, 1.165) is 5.56 Å². The molecule has 7 nitrogen and oxygen atoms in total. The second-order valence-electron chi connectivity index (χ2n) is 6.83. The minimum absolute atomic E-state index is 0.123. The Bertz CT molecular complexity index is 966. The first kappa shape index (κ1) is 19.4. The van der Waals surface area contributed by atoms with Gasteiger partial charge < -0.3 is 19.8 Å². The first-order valence-electron chi connectivity index (χ1n) is 9.07. The summed E-state index contributed by atoms with van der Waals surface area (Å²) in [7, 11) is 0. The van der Waals surface area contributed by atoms with E-state index in [-0.39, 0.29) is 18.4 Å². The SMILES string of the molecule is Cc1nc2cc(NC(=O)[C@@H](NC(=O)OCc3ccccc3)C(C)C)ccc2o1. The van der Waals surface area contributed by atoms with E-state index < -0.39 is 12.1 Å². The van der Waals surface area contributed by atoms with Crippen molar-refractivity contribution in [3.8, 4) is 0 Å². The fourth-order valence-corrected chi connectivity index (χ4v) is 2.77. The topological polar surface area (TPSA) is 93.5 Å². The fraction of sp³-hybridized carbons (Fsp3) is 0.286. The smallest absolute Gasteiger partial charge is 0.408 e. The van der Waals surface area contributed by atoms with Gasteiger partial charge >= 0.3 is 6.09 Å². The number of carbonyl (C=O) groups is 2. The van der Waals surface area contributed by atoms with Crippen LogP contribution in [0, 0.1) is 12.8 Å². The summed E-state index contributed by atoms with van der Waals surface area (Å²) in [6.07, 6.45) is -0.639. The molecule has 1 atom stereocenters. The molecular weight excluding hydrogens is 358 g/mol. The van der Waals surface area contributed by atoms with Crippen molar-refractivity contribution in [1.29, 1.82) is 0 Å². The molecule has 0 bridgehead atoms. The Balaban J connectivity index is 1.61. The summed E-state index contributed by atoms with van der Waals surface area (Å²) in [6, 6.07) is 13.8. The first-order valence-corrected chi connectivity index (χ1v) is 9.07. The van der Waals surface area contributed by atoms with Gasteiger partial charge in [0.2, 0.25) is 5.91 Å². The third-order valence-electron chi connectivity index (χ3n) is 4.20. The summed E-state index contributed by atoms with van der Waals surface area (Å²) in [4.78, 5) is 29.1. The molecule has 2 amide bonds. The van der Waals surface area contributed by atoms with Crippen LogP contribution >= 0.6 is 0 Å². The minimum Gasteiger partial charge on any atom is -0.445 e. The number of amides is 2. The van der Waals surface area contributed by atoms with Gasteiger partial charge in [-0.25, -0.2) is 9.78 Å². The van der Waals surface area contributed by atoms with E-state index in [1.54, 1.807) is 25.1 Å². The average Bonchev–Trinajstić information content (AvgIpc) is 3.04. The maximum Gasteiger partial charge on any atom is 0.408 e. The van der Waals surface area contributed by atoms with Crippen LogP contribution in [0.25, 0.3) is 11.1 Å². The molecule has 0 aliphatic heterocycles. The lowest BCUT2D eigenvalue weighted by Gasteiger charge is -2.21. The van der Waals surface area contributed by atoms with E-state index in [4.69, 9.17) is 9.15 Å². The molecule has 0 aliphatic rings. The van der Waals surface area contributed by atoms with Crippen molar-refractivity contribution in [3.05, 3.63) is 60.0 Å². The van der Waals surface area contributed by atoms with Crippen molar-refractivity contribution in [2.45, 2.75) is 33.4 Å². The van der Waals surface area contributed by atoms with Crippen LogP contribution in [-0.2, 0) is 16.1 Å². The van der Waals surface area contributed by atoms with Gasteiger partial charge in [-0.1, -0.05) is 44.2 Å². The van der Waals surface area contributed by atoms with E-state index in [1.165, 1.54) is 0 Å². The standard InChI is InChI=1S/C21H23N3O4/c1-13(2)19(24-21(26)27-12-15-7-5-4-6-8-15)20(25)23-16-9-10-18-17(11-16)22-14(3)28-18/h4-11,13,19H,12H2,1-3H3,(H,23,25)(H,24,26)/t19-/m0/s1. The summed E-state index contributed by atoms with van der Waals surface area (Å²) < 4.78 is 10.6. The monoisotopic (exact) mass is 381 g/mol. The number of hydrogen-bond acceptors (Lipinski definition) is 5. The van der Waals surface area contributed by atoms with Crippen molar-refractivity contribution in [3.63, 3.8) is 0 Å². The van der Waals surface area contributed by atoms with Crippen molar-refractivity contribution < 1.29 is 18.7 Å². The molecule has 0 aliphatic carbocycles. The number of nitrogens with one attached hydrogen (secondary N) is 2. The van der Waals surface area contributed by atoms with Gasteiger partial charge in [-0.3, -0.25) is 4.79 Å². The first-order chi connectivity index (χ1) is 13.4. The Morgan fingerprint density at radius 2 is 1.89 bits per heavy atom. The van der Waals surface area contributed by atoms with Crippen molar-refractivity contribution in [1.82, 2.24) is 10.3 Å². The number of ether oxygens (including phenoxy) is 1. The molecular formula is C21H23N3O4. The summed E-state index contributed by atoms with van der Waals surface area (Å²) in [6.45, 7) is 5.61. The lowest BCUT2D eigenvalue weighted by molar-refractivity contribution is -0.119. The number of carbonyl (C=O) groups excluding carboxylic acids is 2. The molecule has 146 valence electrons. The molecule has 2 aromatic carbocycles. The Kier molecular flexibility index (Phi) is 5.93. The maximum atomic E-state index is 12.7. The molecule has 1 heterocycles. The molecule has 0 spiro atoms. The van der Waals surface area contributed by atoms with E-state index >= 15 is 0 Å². The van der Waals surface area contributed by atoms with Crippen LogP contribution in [0.4, 0.5) is 10.5 Å². The molecule has 0 saturated heterocycles. The maximum absolute atomic E-state index is 12.7. The second kappa shape index (κ2) is 8.56. The average molecular weight is 381 g/mol. The summed E-state index contributed by atoms with van der Waals surface area (Å²) in [5.41, 5.74) is 2.76. The molecule has 1 aromatic heterocycles. The summed E-state index contributed by atoms with van der Waals surface area (Å²) in [5.74, 6) is 0.106. The number of benzene rings is 2. The lowest BCUT2D eigenvalue weighted by Crippen LogP contribution is -2.47. The van der Waals surface area contributed by atoms with Gasteiger partial charge in [-0.05, 0) is 29.7 Å². The summed E-state index contributed by atoms with van der Waals surface area (Å²) >= 11 is 0. The third-order valence-corrected chi connectivity index (χ3v) is 4.20. The van der Waals surface area contributed by atoms with Crippen molar-refractivity contribution in [2.24, 2.45) is 5.92 Å². The highest BCUT2D eigenvalue weighted by Gasteiger charge is 2.25. The molecule has 3 aromatic rings. The van der Waals surface area contributed by atoms with Crippen LogP contribution in [0.2, 0.25) is 0 Å². The van der Waals surface area contributed by atoms with E-state index in [1.807, 2.05) is 44.2 Å². The molecule has 2 N–H and O–H groups in total. The van der Waals surface area contributed by atoms with Crippen LogP contribution in [0.3, 0.4) is 0 Å². The van der Waals surface area contributed by atoms with E-state index in [9.17, 15) is 9.59 Å². The van der Waals surface area contributed by atoms with Gasteiger partial charge in [0.05, 0.1) is 0 Å². The van der Waals surface area contributed by atoms with E-state index in [0.29, 0.717) is 22.7 Å². The highest BCUT2D eigenvalue weighted by atomic mass is 16.5. The van der Waals surface area contributed by atoms with E-state index in [2.05, 4.69) is 15.6 Å². The predicted octanol–water partition coefficient (Wildman–Crippen LogP) is 4.03. The Hall–Kier alpha value is -3.35. The number of fused-ring (bicyclic) bond motifs is 1. The van der Waals surface area contributed by atoms with Gasteiger partial charge in [-0.2, -0.15) is 0 Å². The van der Waals surface area contributed by atoms with Gasteiger partial charge in [0.15, 0.2) is 11.5 Å². The highest BCUT2D eigenvalue weighted by molar-refractivity contribution is 5.97. The van der Waals surface area contributed by atoms with Gasteiger partial charge in [0.25, 0.3) is 0 Å². The zero-order valence-corrected chi connectivity index (χ0v) is 16.1. The number of anilines is 1. The fourth-order valence-electron chi connectivity index (χ4n) is 2.77. The Labute approximate surface area is 163 Å². The van der Waals surface area contributed by atoms with Crippen LogP contribution in [0.5, 0.6) is 0 Å². The summed E-state index contributed by atoms with van der Waals surface area (Å²) in [5, 5.41) is 5.45. The number of nitrogens with zero attached hydrogens (tertiary/aromatic N) is 1. The van der Waals surface area contributed by atoms with Crippen molar-refractivity contribution in [2.75, 3.05) is 5.32 Å².